The highest BCUT2D eigenvalue weighted by Crippen LogP contribution is 2.36. The number of imide groups is 1. The highest BCUT2D eigenvalue weighted by molar-refractivity contribution is 6.06. The lowest BCUT2D eigenvalue weighted by molar-refractivity contribution is -0.140. The summed E-state index contributed by atoms with van der Waals surface area (Å²) in [6.07, 6.45) is 1.29. The molecule has 2 amide bonds. The van der Waals surface area contributed by atoms with E-state index >= 15 is 0 Å². The lowest BCUT2D eigenvalue weighted by atomic mass is 9.81. The number of aliphatic hydroxyl groups is 2. The number of carbonyl (C=O) groups is 2. The predicted molar refractivity (Wildman–Crippen MR) is 128 cm³/mol. The summed E-state index contributed by atoms with van der Waals surface area (Å²) in [7, 11) is 0. The van der Waals surface area contributed by atoms with Gasteiger partial charge in [-0.3, -0.25) is 19.4 Å². The zero-order valence-electron chi connectivity index (χ0n) is 19.5. The maximum absolute atomic E-state index is 13.9. The Labute approximate surface area is 205 Å². The molecule has 0 bridgehead atoms. The summed E-state index contributed by atoms with van der Waals surface area (Å²) in [6.45, 7) is 7.82. The quantitative estimate of drug-likeness (QED) is 0.435. The molecule has 0 saturated carbocycles. The summed E-state index contributed by atoms with van der Waals surface area (Å²) >= 11 is 0. The van der Waals surface area contributed by atoms with Gasteiger partial charge in [-0.2, -0.15) is 0 Å². The van der Waals surface area contributed by atoms with Crippen LogP contribution in [0.2, 0.25) is 0 Å². The molecule has 3 aliphatic rings. The number of rotatable bonds is 7. The van der Waals surface area contributed by atoms with Gasteiger partial charge in [-0.05, 0) is 38.9 Å². The third-order valence-corrected chi connectivity index (χ3v) is 6.58. The molecule has 0 radical (unpaired) electrons. The Morgan fingerprint density at radius 1 is 1.00 bits per heavy atom. The van der Waals surface area contributed by atoms with Gasteiger partial charge >= 0.3 is 0 Å². The van der Waals surface area contributed by atoms with Gasteiger partial charge in [-0.1, -0.05) is 12.2 Å². The molecule has 2 N–H and O–H groups in total. The van der Waals surface area contributed by atoms with Crippen LogP contribution in [-0.2, 0) is 9.59 Å². The van der Waals surface area contributed by atoms with Gasteiger partial charge in [0.1, 0.15) is 11.6 Å². The largest absolute Gasteiger partial charge is 0.489 e. The van der Waals surface area contributed by atoms with E-state index in [0.29, 0.717) is 31.8 Å². The number of anilines is 1. The fraction of sp³-hybridized carbons (Fsp3) is 0.583. The molecular weight excluding hydrogens is 465 g/mol. The number of hydrogen-bond donors (Lipinski definition) is 2. The van der Waals surface area contributed by atoms with Crippen LogP contribution < -0.4 is 9.64 Å². The summed E-state index contributed by atoms with van der Waals surface area (Å²) in [6, 6.07) is 4.58. The van der Waals surface area contributed by atoms with Crippen LogP contribution in [0.25, 0.3) is 0 Å². The zero-order chi connectivity index (χ0) is 23.7. The number of fused-ring (bicyclic) bond motifs is 1. The first kappa shape index (κ1) is 26.4. The zero-order valence-corrected chi connectivity index (χ0v) is 20.3. The minimum atomic E-state index is -1.04. The Bertz CT molecular complexity index is 892. The van der Waals surface area contributed by atoms with E-state index in [0.717, 1.165) is 18.8 Å². The minimum absolute atomic E-state index is 0. The van der Waals surface area contributed by atoms with Crippen LogP contribution >= 0.6 is 12.4 Å². The Kier molecular flexibility index (Phi) is 8.57. The molecule has 10 heteroatoms. The molecule has 4 atom stereocenters. The smallest absolute Gasteiger partial charge is 0.236 e. The molecule has 1 aromatic rings. The van der Waals surface area contributed by atoms with Crippen molar-refractivity contribution in [3.05, 3.63) is 36.2 Å². The van der Waals surface area contributed by atoms with Gasteiger partial charge in [0.2, 0.25) is 11.8 Å². The van der Waals surface area contributed by atoms with Crippen molar-refractivity contribution >= 4 is 29.9 Å². The number of likely N-dealkylation sites (tertiary alicyclic amines) is 1. The Morgan fingerprint density at radius 2 is 1.59 bits per heavy atom. The Balaban J connectivity index is 0.00000324. The van der Waals surface area contributed by atoms with E-state index in [9.17, 15) is 24.2 Å². The molecule has 188 valence electrons. The standard InChI is InChI=1S/C24H32FN3O5.ClH/c1-15(2)33-20-7-4-16(25)14-17(20)27-12-10-26(11-13-27)8-3-9-28-23(31)21-18(29)5-6-19(30)22(21)24(28)32;/h4-7,14-15,18-19,21-22,29-30H,3,8-13H2,1-2H3;1H. The van der Waals surface area contributed by atoms with Crippen molar-refractivity contribution in [2.45, 2.75) is 38.6 Å². The van der Waals surface area contributed by atoms with Crippen molar-refractivity contribution in [1.29, 1.82) is 0 Å². The van der Waals surface area contributed by atoms with E-state index < -0.39 is 35.9 Å². The maximum Gasteiger partial charge on any atom is 0.236 e. The van der Waals surface area contributed by atoms with Crippen LogP contribution in [0.1, 0.15) is 20.3 Å². The number of amides is 2. The number of carbonyl (C=O) groups excluding carboxylic acids is 2. The number of piperazine rings is 1. The Hall–Kier alpha value is -2.20. The molecule has 4 rings (SSSR count). The Morgan fingerprint density at radius 3 is 2.15 bits per heavy atom. The molecule has 0 spiro atoms. The highest BCUT2D eigenvalue weighted by atomic mass is 35.5. The van der Waals surface area contributed by atoms with E-state index in [1.54, 1.807) is 6.07 Å². The molecule has 0 aromatic heterocycles. The maximum atomic E-state index is 13.9. The van der Waals surface area contributed by atoms with Crippen LogP contribution in [0.5, 0.6) is 5.75 Å². The second kappa shape index (κ2) is 11.0. The molecule has 2 fully saturated rings. The average Bonchev–Trinajstić information content (AvgIpc) is 3.04. The molecule has 1 aromatic carbocycles. The monoisotopic (exact) mass is 497 g/mol. The van der Waals surface area contributed by atoms with Crippen molar-refractivity contribution in [2.75, 3.05) is 44.2 Å². The van der Waals surface area contributed by atoms with E-state index in [-0.39, 0.29) is 30.9 Å². The summed E-state index contributed by atoms with van der Waals surface area (Å²) in [5, 5.41) is 20.2. The summed E-state index contributed by atoms with van der Waals surface area (Å²) < 4.78 is 19.7. The summed E-state index contributed by atoms with van der Waals surface area (Å²) in [4.78, 5) is 30.9. The third kappa shape index (κ3) is 5.38. The number of hydrogen-bond acceptors (Lipinski definition) is 7. The van der Waals surface area contributed by atoms with Gasteiger partial charge in [-0.15, -0.1) is 12.4 Å². The van der Waals surface area contributed by atoms with Crippen LogP contribution in [0, 0.1) is 17.7 Å². The lowest BCUT2D eigenvalue weighted by Crippen LogP contribution is -2.47. The van der Waals surface area contributed by atoms with Crippen LogP contribution in [0.3, 0.4) is 0 Å². The molecule has 1 aliphatic carbocycles. The molecule has 2 saturated heterocycles. The number of ether oxygens (including phenoxy) is 1. The van der Waals surface area contributed by atoms with Crippen LogP contribution in [0.15, 0.2) is 30.4 Å². The SMILES string of the molecule is CC(C)Oc1ccc(F)cc1N1CCN(CCCN2C(=O)C3C(O)C=CC(O)C3C2=O)CC1.Cl. The summed E-state index contributed by atoms with van der Waals surface area (Å²) in [5.41, 5.74) is 0.755. The van der Waals surface area contributed by atoms with Gasteiger partial charge in [0.05, 0.1) is 35.8 Å². The van der Waals surface area contributed by atoms with E-state index in [1.807, 2.05) is 13.8 Å². The predicted octanol–water partition coefficient (Wildman–Crippen LogP) is 1.44. The average molecular weight is 498 g/mol. The van der Waals surface area contributed by atoms with Gasteiger partial charge in [0, 0.05) is 38.8 Å². The molecule has 34 heavy (non-hydrogen) atoms. The van der Waals surface area contributed by atoms with Crippen molar-refractivity contribution < 1.29 is 28.9 Å². The van der Waals surface area contributed by atoms with Crippen molar-refractivity contribution in [1.82, 2.24) is 9.80 Å². The third-order valence-electron chi connectivity index (χ3n) is 6.58. The topological polar surface area (TPSA) is 93.6 Å². The van der Waals surface area contributed by atoms with Crippen molar-refractivity contribution in [2.24, 2.45) is 11.8 Å². The second-order valence-electron chi connectivity index (χ2n) is 9.21. The molecular formula is C24H33ClFN3O5. The van der Waals surface area contributed by atoms with Gasteiger partial charge in [0.25, 0.3) is 0 Å². The van der Waals surface area contributed by atoms with Crippen LogP contribution in [-0.4, -0.2) is 89.4 Å². The first-order valence-corrected chi connectivity index (χ1v) is 11.6. The van der Waals surface area contributed by atoms with Crippen molar-refractivity contribution in [3.8, 4) is 5.75 Å². The van der Waals surface area contributed by atoms with E-state index in [2.05, 4.69) is 9.80 Å². The highest BCUT2D eigenvalue weighted by Gasteiger charge is 2.53. The number of nitrogens with zero attached hydrogens (tertiary/aromatic N) is 3. The molecule has 4 unspecified atom stereocenters. The fourth-order valence-corrected chi connectivity index (χ4v) is 4.94. The van der Waals surface area contributed by atoms with Crippen molar-refractivity contribution in [3.63, 3.8) is 0 Å². The number of halogens is 2. The molecule has 8 nitrogen and oxygen atoms in total. The number of benzene rings is 1. The van der Waals surface area contributed by atoms with E-state index in [1.165, 1.54) is 29.2 Å². The van der Waals surface area contributed by atoms with Gasteiger partial charge < -0.3 is 19.8 Å². The molecule has 2 heterocycles. The first-order valence-electron chi connectivity index (χ1n) is 11.6. The fourth-order valence-electron chi connectivity index (χ4n) is 4.94. The normalized spacial score (nSPS) is 27.2. The minimum Gasteiger partial charge on any atom is -0.489 e. The second-order valence-corrected chi connectivity index (χ2v) is 9.21. The lowest BCUT2D eigenvalue weighted by Gasteiger charge is -2.37. The first-order chi connectivity index (χ1) is 15.8. The van der Waals surface area contributed by atoms with Gasteiger partial charge in [-0.25, -0.2) is 4.39 Å². The van der Waals surface area contributed by atoms with E-state index in [4.69, 9.17) is 4.74 Å². The summed E-state index contributed by atoms with van der Waals surface area (Å²) in [5.74, 6) is -2.23. The van der Waals surface area contributed by atoms with Gasteiger partial charge in [0.15, 0.2) is 0 Å². The van der Waals surface area contributed by atoms with Crippen LogP contribution in [0.4, 0.5) is 10.1 Å². The molecule has 2 aliphatic heterocycles. The number of aliphatic hydroxyl groups excluding tert-OH is 2.